The highest BCUT2D eigenvalue weighted by atomic mass is 127. The number of morpholine rings is 2. The molecule has 0 aliphatic carbocycles. The van der Waals surface area contributed by atoms with Crippen molar-refractivity contribution in [2.75, 3.05) is 79.8 Å². The topological polar surface area (TPSA) is 18.5 Å². The third kappa shape index (κ3) is 8.41. The lowest BCUT2D eigenvalue weighted by Crippen LogP contribution is -3.00. The Balaban J connectivity index is 0.00000220. The quantitative estimate of drug-likeness (QED) is 0.184. The first-order valence-electron chi connectivity index (χ1n) is 8.45. The van der Waals surface area contributed by atoms with Gasteiger partial charge in [-0.05, 0) is 25.7 Å². The van der Waals surface area contributed by atoms with Crippen molar-refractivity contribution in [2.45, 2.75) is 25.7 Å². The van der Waals surface area contributed by atoms with E-state index in [1.165, 1.54) is 73.9 Å². The molecule has 2 aliphatic heterocycles. The van der Waals surface area contributed by atoms with Crippen LogP contribution in [0, 0.1) is 0 Å². The third-order valence-electron chi connectivity index (χ3n) is 5.25. The summed E-state index contributed by atoms with van der Waals surface area (Å²) in [5, 5.41) is 0. The summed E-state index contributed by atoms with van der Waals surface area (Å²) in [5.74, 6) is 0. The van der Waals surface area contributed by atoms with E-state index in [-0.39, 0.29) is 48.0 Å². The van der Waals surface area contributed by atoms with Crippen molar-refractivity contribution in [1.82, 2.24) is 0 Å². The SMILES string of the molecule is C[N+]1(CCCCCC[N+]2(C)CCOCC2)CCOCC1.[I-].[I-]. The Morgan fingerprint density at radius 3 is 1.23 bits per heavy atom. The van der Waals surface area contributed by atoms with Gasteiger partial charge in [-0.3, -0.25) is 0 Å². The molecule has 2 heterocycles. The summed E-state index contributed by atoms with van der Waals surface area (Å²) < 4.78 is 13.4. The standard InChI is InChI=1S/C16H34N2O2.2HI/c1-17(9-13-19-14-10-17)7-5-3-4-6-8-18(2)11-15-20-16-12-18;;/h3-16H2,1-2H3;2*1H/q+2;;/p-2. The van der Waals surface area contributed by atoms with Gasteiger partial charge in [0.2, 0.25) is 0 Å². The minimum absolute atomic E-state index is 0. The van der Waals surface area contributed by atoms with Crippen LogP contribution >= 0.6 is 0 Å². The average molecular weight is 540 g/mol. The molecule has 4 nitrogen and oxygen atoms in total. The van der Waals surface area contributed by atoms with Crippen LogP contribution in [0.4, 0.5) is 0 Å². The van der Waals surface area contributed by atoms with Gasteiger partial charge in [-0.15, -0.1) is 0 Å². The summed E-state index contributed by atoms with van der Waals surface area (Å²) in [5.41, 5.74) is 0. The van der Waals surface area contributed by atoms with Crippen LogP contribution < -0.4 is 48.0 Å². The molecule has 6 heteroatoms. The van der Waals surface area contributed by atoms with Crippen LogP contribution in [0.2, 0.25) is 0 Å². The number of nitrogens with zero attached hydrogens (tertiary/aromatic N) is 2. The fourth-order valence-electron chi connectivity index (χ4n) is 3.36. The molecular weight excluding hydrogens is 506 g/mol. The van der Waals surface area contributed by atoms with Crippen LogP contribution in [-0.2, 0) is 9.47 Å². The highest BCUT2D eigenvalue weighted by Gasteiger charge is 2.25. The van der Waals surface area contributed by atoms with Crippen molar-refractivity contribution < 1.29 is 66.4 Å². The number of likely N-dealkylation sites (N-methyl/N-ethyl adjacent to an activating group) is 2. The molecule has 0 spiro atoms. The van der Waals surface area contributed by atoms with Crippen LogP contribution in [0.1, 0.15) is 25.7 Å². The van der Waals surface area contributed by atoms with Gasteiger partial charge in [-0.2, -0.15) is 0 Å². The number of halogens is 2. The molecule has 2 rings (SSSR count). The fraction of sp³-hybridized carbons (Fsp3) is 1.00. The Kier molecular flexibility index (Phi) is 12.5. The normalized spacial score (nSPS) is 23.2. The van der Waals surface area contributed by atoms with Gasteiger partial charge in [-0.25, -0.2) is 0 Å². The largest absolute Gasteiger partial charge is 1.00 e. The summed E-state index contributed by atoms with van der Waals surface area (Å²) in [4.78, 5) is 0. The molecule has 0 unspecified atom stereocenters. The molecule has 2 aliphatic rings. The number of unbranched alkanes of at least 4 members (excludes halogenated alkanes) is 3. The number of hydrogen-bond donors (Lipinski definition) is 0. The summed E-state index contributed by atoms with van der Waals surface area (Å²) >= 11 is 0. The van der Waals surface area contributed by atoms with E-state index in [0.717, 1.165) is 26.4 Å². The van der Waals surface area contributed by atoms with E-state index in [2.05, 4.69) is 14.1 Å². The predicted molar refractivity (Wildman–Crippen MR) is 81.7 cm³/mol. The van der Waals surface area contributed by atoms with Gasteiger partial charge in [-0.1, -0.05) is 0 Å². The minimum Gasteiger partial charge on any atom is -1.00 e. The van der Waals surface area contributed by atoms with E-state index < -0.39 is 0 Å². The molecule has 0 bridgehead atoms. The van der Waals surface area contributed by atoms with Crippen LogP contribution in [0.15, 0.2) is 0 Å². The number of rotatable bonds is 7. The van der Waals surface area contributed by atoms with E-state index in [0.29, 0.717) is 0 Å². The van der Waals surface area contributed by atoms with Gasteiger partial charge in [0.25, 0.3) is 0 Å². The highest BCUT2D eigenvalue weighted by Crippen LogP contribution is 2.13. The van der Waals surface area contributed by atoms with E-state index in [1.807, 2.05) is 0 Å². The zero-order chi connectivity index (χ0) is 14.3. The first-order valence-corrected chi connectivity index (χ1v) is 8.45. The molecule has 0 saturated carbocycles. The van der Waals surface area contributed by atoms with E-state index >= 15 is 0 Å². The number of quaternary nitrogens is 2. The molecule has 0 N–H and O–H groups in total. The number of ether oxygens (including phenoxy) is 2. The Labute approximate surface area is 171 Å². The maximum Gasteiger partial charge on any atom is 0.102 e. The third-order valence-corrected chi connectivity index (χ3v) is 5.25. The van der Waals surface area contributed by atoms with Crippen LogP contribution in [-0.4, -0.2) is 88.8 Å². The van der Waals surface area contributed by atoms with Gasteiger partial charge in [0.1, 0.15) is 26.2 Å². The first kappa shape index (κ1) is 23.3. The molecule has 134 valence electrons. The molecule has 2 fully saturated rings. The van der Waals surface area contributed by atoms with Gasteiger partial charge in [0, 0.05) is 0 Å². The van der Waals surface area contributed by atoms with Crippen LogP contribution in [0.25, 0.3) is 0 Å². The second-order valence-electron chi connectivity index (χ2n) is 7.22. The molecule has 0 radical (unpaired) electrons. The van der Waals surface area contributed by atoms with E-state index in [9.17, 15) is 0 Å². The lowest BCUT2D eigenvalue weighted by Gasteiger charge is -2.38. The molecule has 2 saturated heterocycles. The van der Waals surface area contributed by atoms with Gasteiger partial charge < -0.3 is 66.4 Å². The highest BCUT2D eigenvalue weighted by molar-refractivity contribution is 4.51. The monoisotopic (exact) mass is 540 g/mol. The minimum atomic E-state index is 0. The lowest BCUT2D eigenvalue weighted by atomic mass is 10.1. The van der Waals surface area contributed by atoms with E-state index in [1.54, 1.807) is 0 Å². The summed E-state index contributed by atoms with van der Waals surface area (Å²) in [6, 6.07) is 0. The van der Waals surface area contributed by atoms with Crippen molar-refractivity contribution >= 4 is 0 Å². The molecule has 0 amide bonds. The van der Waals surface area contributed by atoms with E-state index in [4.69, 9.17) is 9.47 Å². The van der Waals surface area contributed by atoms with Crippen LogP contribution in [0.3, 0.4) is 0 Å². The van der Waals surface area contributed by atoms with Crippen molar-refractivity contribution in [3.05, 3.63) is 0 Å². The van der Waals surface area contributed by atoms with Gasteiger partial charge >= 0.3 is 0 Å². The summed E-state index contributed by atoms with van der Waals surface area (Å²) in [7, 11) is 4.78. The first-order chi connectivity index (χ1) is 9.62. The second kappa shape index (κ2) is 11.8. The Bertz CT molecular complexity index is 253. The van der Waals surface area contributed by atoms with Crippen molar-refractivity contribution in [3.8, 4) is 0 Å². The lowest BCUT2D eigenvalue weighted by molar-refractivity contribution is -0.917. The molecule has 0 atom stereocenters. The smallest absolute Gasteiger partial charge is 0.102 e. The zero-order valence-corrected chi connectivity index (χ0v) is 18.7. The Morgan fingerprint density at radius 2 is 0.909 bits per heavy atom. The summed E-state index contributed by atoms with van der Waals surface area (Å²) in [6.45, 7) is 11.3. The molecular formula is C16H34I2N2O2. The molecule has 0 aromatic rings. The molecule has 22 heavy (non-hydrogen) atoms. The Morgan fingerprint density at radius 1 is 0.591 bits per heavy atom. The predicted octanol–water partition coefficient (Wildman–Crippen LogP) is -4.49. The second-order valence-corrected chi connectivity index (χ2v) is 7.22. The molecule has 0 aromatic heterocycles. The van der Waals surface area contributed by atoms with Crippen molar-refractivity contribution in [2.24, 2.45) is 0 Å². The van der Waals surface area contributed by atoms with Gasteiger partial charge in [0.15, 0.2) is 0 Å². The summed E-state index contributed by atoms with van der Waals surface area (Å²) in [6.07, 6.45) is 5.54. The number of hydrogen-bond acceptors (Lipinski definition) is 2. The maximum atomic E-state index is 5.46. The fourth-order valence-corrected chi connectivity index (χ4v) is 3.36. The Hall–Kier alpha value is 1.30. The molecule has 0 aromatic carbocycles. The van der Waals surface area contributed by atoms with Crippen molar-refractivity contribution in [3.63, 3.8) is 0 Å². The zero-order valence-electron chi connectivity index (χ0n) is 14.4. The van der Waals surface area contributed by atoms with Crippen molar-refractivity contribution in [1.29, 1.82) is 0 Å². The maximum absolute atomic E-state index is 5.46. The van der Waals surface area contributed by atoms with Crippen LogP contribution in [0.5, 0.6) is 0 Å². The van der Waals surface area contributed by atoms with Gasteiger partial charge in [0.05, 0.1) is 53.6 Å². The average Bonchev–Trinajstić information content (AvgIpc) is 2.44.